The van der Waals surface area contributed by atoms with Crippen LogP contribution in [-0.4, -0.2) is 49.5 Å². The number of aliphatic hydroxyl groups is 1. The first kappa shape index (κ1) is 27.5. The summed E-state index contributed by atoms with van der Waals surface area (Å²) in [4.78, 5) is 2.25. The van der Waals surface area contributed by atoms with Gasteiger partial charge >= 0.3 is 0 Å². The number of ether oxygens (including phenoxy) is 3. The highest BCUT2D eigenvalue weighted by Crippen LogP contribution is 2.35. The molecule has 194 valence electrons. The summed E-state index contributed by atoms with van der Waals surface area (Å²) in [6.07, 6.45) is 10.1. The average molecular weight is 484 g/mol. The van der Waals surface area contributed by atoms with Crippen LogP contribution < -0.4 is 9.47 Å². The van der Waals surface area contributed by atoms with E-state index in [2.05, 4.69) is 24.0 Å². The Morgan fingerprint density at radius 2 is 1.57 bits per heavy atom. The molecule has 1 aliphatic rings. The van der Waals surface area contributed by atoms with Crippen LogP contribution in [0.1, 0.15) is 76.3 Å². The summed E-state index contributed by atoms with van der Waals surface area (Å²) in [6, 6.07) is 16.0. The van der Waals surface area contributed by atoms with Crippen molar-refractivity contribution in [3.63, 3.8) is 0 Å². The standard InChI is InChI=1S/C30H45NO4/c1-3-4-5-6-7-8-9-13-20-34-29-17-16-27(35-24-26-14-11-10-12-15-26)23-28(29)30(2,32)25-31-18-21-33-22-19-31/h10-12,14-17,23,32H,3-9,13,18-22,24-25H2,1-2H3. The first-order valence-corrected chi connectivity index (χ1v) is 13.5. The highest BCUT2D eigenvalue weighted by Gasteiger charge is 2.31. The van der Waals surface area contributed by atoms with Gasteiger partial charge in [-0.05, 0) is 37.1 Å². The van der Waals surface area contributed by atoms with Crippen LogP contribution in [-0.2, 0) is 16.9 Å². The summed E-state index contributed by atoms with van der Waals surface area (Å²) < 4.78 is 17.8. The van der Waals surface area contributed by atoms with Gasteiger partial charge in [0, 0.05) is 25.2 Å². The van der Waals surface area contributed by atoms with Crippen LogP contribution in [0.15, 0.2) is 48.5 Å². The molecule has 1 heterocycles. The minimum Gasteiger partial charge on any atom is -0.493 e. The summed E-state index contributed by atoms with van der Waals surface area (Å²) >= 11 is 0. The summed E-state index contributed by atoms with van der Waals surface area (Å²) in [7, 11) is 0. The number of hydrogen-bond acceptors (Lipinski definition) is 5. The Morgan fingerprint density at radius 3 is 2.29 bits per heavy atom. The van der Waals surface area contributed by atoms with Crippen molar-refractivity contribution < 1.29 is 19.3 Å². The third-order valence-electron chi connectivity index (χ3n) is 6.67. The molecular weight excluding hydrogens is 438 g/mol. The molecule has 0 amide bonds. The normalized spacial score (nSPS) is 16.1. The van der Waals surface area contributed by atoms with Crippen molar-refractivity contribution >= 4 is 0 Å². The molecule has 5 heteroatoms. The quantitative estimate of drug-likeness (QED) is 0.283. The zero-order valence-corrected chi connectivity index (χ0v) is 21.8. The third-order valence-corrected chi connectivity index (χ3v) is 6.67. The SMILES string of the molecule is CCCCCCCCCCOc1ccc(OCc2ccccc2)cc1C(C)(O)CN1CCOCC1. The van der Waals surface area contributed by atoms with Crippen molar-refractivity contribution in [3.05, 3.63) is 59.7 Å². The van der Waals surface area contributed by atoms with Gasteiger partial charge in [0.1, 0.15) is 23.7 Å². The Labute approximate surface area is 212 Å². The molecule has 1 aliphatic heterocycles. The van der Waals surface area contributed by atoms with E-state index in [1.807, 2.05) is 43.3 Å². The van der Waals surface area contributed by atoms with Crippen molar-refractivity contribution in [2.45, 2.75) is 77.4 Å². The second-order valence-electron chi connectivity index (χ2n) is 9.92. The predicted octanol–water partition coefficient (Wildman–Crippen LogP) is 6.32. The zero-order valence-electron chi connectivity index (χ0n) is 21.8. The first-order chi connectivity index (χ1) is 17.1. The number of β-amino-alcohol motifs (C(OH)–C–C–N with tert-alkyl or cyclic N) is 1. The number of hydrogen-bond donors (Lipinski definition) is 1. The Hall–Kier alpha value is -2.08. The molecule has 0 bridgehead atoms. The van der Waals surface area contributed by atoms with Crippen LogP contribution in [0.4, 0.5) is 0 Å². The lowest BCUT2D eigenvalue weighted by Gasteiger charge is -2.35. The number of nitrogens with zero attached hydrogens (tertiary/aromatic N) is 1. The molecule has 0 aromatic heterocycles. The van der Waals surface area contributed by atoms with Crippen LogP contribution in [0.5, 0.6) is 11.5 Å². The predicted molar refractivity (Wildman–Crippen MR) is 142 cm³/mol. The Morgan fingerprint density at radius 1 is 0.886 bits per heavy atom. The largest absolute Gasteiger partial charge is 0.493 e. The first-order valence-electron chi connectivity index (χ1n) is 13.5. The molecule has 0 radical (unpaired) electrons. The minimum absolute atomic E-state index is 0.490. The van der Waals surface area contributed by atoms with Gasteiger partial charge in [-0.15, -0.1) is 0 Å². The van der Waals surface area contributed by atoms with Crippen molar-refractivity contribution in [1.82, 2.24) is 4.90 Å². The van der Waals surface area contributed by atoms with Gasteiger partial charge in [-0.3, -0.25) is 4.90 Å². The molecule has 1 fully saturated rings. The average Bonchev–Trinajstić information content (AvgIpc) is 2.88. The lowest BCUT2D eigenvalue weighted by Crippen LogP contribution is -2.44. The molecule has 2 aromatic carbocycles. The third kappa shape index (κ3) is 9.83. The Bertz CT molecular complexity index is 834. The molecule has 0 aliphatic carbocycles. The van der Waals surface area contributed by atoms with Crippen LogP contribution in [0.3, 0.4) is 0 Å². The fraction of sp³-hybridized carbons (Fsp3) is 0.600. The highest BCUT2D eigenvalue weighted by molar-refractivity contribution is 5.44. The van der Waals surface area contributed by atoms with Crippen LogP contribution >= 0.6 is 0 Å². The molecular formula is C30H45NO4. The summed E-state index contributed by atoms with van der Waals surface area (Å²) in [5.74, 6) is 1.49. The van der Waals surface area contributed by atoms with Gasteiger partial charge in [0.15, 0.2) is 0 Å². The van der Waals surface area contributed by atoms with Gasteiger partial charge in [-0.2, -0.15) is 0 Å². The maximum absolute atomic E-state index is 11.6. The number of morpholine rings is 1. The lowest BCUT2D eigenvalue weighted by molar-refractivity contribution is -0.0266. The summed E-state index contributed by atoms with van der Waals surface area (Å²) in [6.45, 7) is 8.89. The molecule has 1 N–H and O–H groups in total. The molecule has 2 aromatic rings. The molecule has 0 spiro atoms. The van der Waals surface area contributed by atoms with Crippen molar-refractivity contribution in [2.75, 3.05) is 39.5 Å². The fourth-order valence-corrected chi connectivity index (χ4v) is 4.58. The Kier molecular flexibility index (Phi) is 11.9. The van der Waals surface area contributed by atoms with E-state index in [1.54, 1.807) is 0 Å². The Balaban J connectivity index is 1.60. The van der Waals surface area contributed by atoms with E-state index in [0.717, 1.165) is 42.1 Å². The summed E-state index contributed by atoms with van der Waals surface area (Å²) in [5, 5.41) is 11.6. The maximum atomic E-state index is 11.6. The van der Waals surface area contributed by atoms with E-state index >= 15 is 0 Å². The van der Waals surface area contributed by atoms with E-state index in [0.29, 0.717) is 33.0 Å². The molecule has 3 rings (SSSR count). The molecule has 35 heavy (non-hydrogen) atoms. The van der Waals surface area contributed by atoms with E-state index in [-0.39, 0.29) is 0 Å². The van der Waals surface area contributed by atoms with Crippen LogP contribution in [0, 0.1) is 0 Å². The second-order valence-corrected chi connectivity index (χ2v) is 9.92. The van der Waals surface area contributed by atoms with Crippen molar-refractivity contribution in [3.8, 4) is 11.5 Å². The molecule has 1 saturated heterocycles. The second kappa shape index (κ2) is 15.1. The number of unbranched alkanes of at least 4 members (excludes halogenated alkanes) is 7. The van der Waals surface area contributed by atoms with Gasteiger partial charge in [-0.1, -0.05) is 82.2 Å². The van der Waals surface area contributed by atoms with Gasteiger partial charge in [-0.25, -0.2) is 0 Å². The summed E-state index contributed by atoms with van der Waals surface area (Å²) in [5.41, 5.74) is 0.844. The van der Waals surface area contributed by atoms with Crippen molar-refractivity contribution in [2.24, 2.45) is 0 Å². The van der Waals surface area contributed by atoms with E-state index in [9.17, 15) is 5.11 Å². The maximum Gasteiger partial charge on any atom is 0.125 e. The topological polar surface area (TPSA) is 51.2 Å². The molecule has 0 saturated carbocycles. The minimum atomic E-state index is -1.06. The molecule has 5 nitrogen and oxygen atoms in total. The van der Waals surface area contributed by atoms with Gasteiger partial charge < -0.3 is 19.3 Å². The van der Waals surface area contributed by atoms with E-state index in [1.165, 1.54) is 44.9 Å². The highest BCUT2D eigenvalue weighted by atomic mass is 16.5. The van der Waals surface area contributed by atoms with Crippen molar-refractivity contribution in [1.29, 1.82) is 0 Å². The monoisotopic (exact) mass is 483 g/mol. The van der Waals surface area contributed by atoms with Gasteiger partial charge in [0.05, 0.1) is 19.8 Å². The van der Waals surface area contributed by atoms with Gasteiger partial charge in [0.2, 0.25) is 0 Å². The smallest absolute Gasteiger partial charge is 0.125 e. The van der Waals surface area contributed by atoms with E-state index in [4.69, 9.17) is 14.2 Å². The van der Waals surface area contributed by atoms with E-state index < -0.39 is 5.60 Å². The zero-order chi connectivity index (χ0) is 24.8. The van der Waals surface area contributed by atoms with Crippen LogP contribution in [0.25, 0.3) is 0 Å². The number of benzene rings is 2. The molecule has 1 atom stereocenters. The van der Waals surface area contributed by atoms with Crippen LogP contribution in [0.2, 0.25) is 0 Å². The fourth-order valence-electron chi connectivity index (χ4n) is 4.58. The molecule has 1 unspecified atom stereocenters. The lowest BCUT2D eigenvalue weighted by atomic mass is 9.93. The number of rotatable bonds is 16. The van der Waals surface area contributed by atoms with Gasteiger partial charge in [0.25, 0.3) is 0 Å².